The maximum atomic E-state index is 12.2. The maximum Gasteiger partial charge on any atom is 0.269 e. The molecule has 0 aliphatic heterocycles. The van der Waals surface area contributed by atoms with Gasteiger partial charge in [0.05, 0.1) is 14.2 Å². The molecule has 0 heterocycles. The van der Waals surface area contributed by atoms with Crippen molar-refractivity contribution in [2.45, 2.75) is 13.3 Å². The molecule has 0 radical (unpaired) electrons. The van der Waals surface area contributed by atoms with Crippen LogP contribution < -0.4 is 25.6 Å². The van der Waals surface area contributed by atoms with Crippen LogP contribution in [0, 0.1) is 0 Å². The van der Waals surface area contributed by atoms with Crippen LogP contribution >= 0.6 is 12.2 Å². The number of nitrogens with one attached hydrogen (secondary N) is 3. The highest BCUT2D eigenvalue weighted by atomic mass is 32.1. The predicted molar refractivity (Wildman–Crippen MR) is 102 cm³/mol. The van der Waals surface area contributed by atoms with Gasteiger partial charge in [-0.05, 0) is 54.5 Å². The first-order valence-corrected chi connectivity index (χ1v) is 8.16. The highest BCUT2D eigenvalue weighted by Crippen LogP contribution is 2.27. The van der Waals surface area contributed by atoms with E-state index in [0.717, 1.165) is 12.1 Å². The summed E-state index contributed by atoms with van der Waals surface area (Å²) in [5, 5.41) is 3.32. The zero-order valence-electron chi connectivity index (χ0n) is 14.4. The summed E-state index contributed by atoms with van der Waals surface area (Å²) in [6.45, 7) is 2.08. The molecule has 0 spiro atoms. The minimum absolute atomic E-state index is 0.294. The minimum atomic E-state index is -0.340. The van der Waals surface area contributed by atoms with Crippen molar-refractivity contribution in [3.05, 3.63) is 53.6 Å². The largest absolute Gasteiger partial charge is 0.493 e. The highest BCUT2D eigenvalue weighted by Gasteiger charge is 2.11. The molecule has 0 saturated carbocycles. The van der Waals surface area contributed by atoms with E-state index in [2.05, 4.69) is 23.1 Å². The molecular formula is C18H21N3O3S. The fourth-order valence-electron chi connectivity index (χ4n) is 2.19. The summed E-state index contributed by atoms with van der Waals surface area (Å²) in [5.74, 6) is 0.694. The number of hydrogen-bond acceptors (Lipinski definition) is 4. The van der Waals surface area contributed by atoms with Crippen LogP contribution in [-0.4, -0.2) is 25.2 Å². The van der Waals surface area contributed by atoms with Crippen LogP contribution in [0.2, 0.25) is 0 Å². The normalized spacial score (nSPS) is 9.88. The Balaban J connectivity index is 1.93. The second-order valence-corrected chi connectivity index (χ2v) is 5.57. The van der Waals surface area contributed by atoms with E-state index in [-0.39, 0.29) is 5.91 Å². The van der Waals surface area contributed by atoms with Crippen LogP contribution in [0.15, 0.2) is 42.5 Å². The number of benzene rings is 2. The van der Waals surface area contributed by atoms with Crippen molar-refractivity contribution in [2.24, 2.45) is 0 Å². The molecule has 0 saturated heterocycles. The van der Waals surface area contributed by atoms with E-state index < -0.39 is 0 Å². The second kappa shape index (κ2) is 8.89. The molecule has 0 atom stereocenters. The quantitative estimate of drug-likeness (QED) is 0.563. The van der Waals surface area contributed by atoms with Gasteiger partial charge in [-0.25, -0.2) is 0 Å². The molecule has 6 nitrogen and oxygen atoms in total. The average Bonchev–Trinajstić information content (AvgIpc) is 2.65. The fraction of sp³-hybridized carbons (Fsp3) is 0.222. The van der Waals surface area contributed by atoms with E-state index in [9.17, 15) is 4.79 Å². The van der Waals surface area contributed by atoms with Gasteiger partial charge in [0.25, 0.3) is 5.91 Å². The Labute approximate surface area is 152 Å². The van der Waals surface area contributed by atoms with Gasteiger partial charge in [0.2, 0.25) is 0 Å². The first-order chi connectivity index (χ1) is 12.1. The van der Waals surface area contributed by atoms with E-state index >= 15 is 0 Å². The van der Waals surface area contributed by atoms with Crippen molar-refractivity contribution in [2.75, 3.05) is 19.5 Å². The van der Waals surface area contributed by atoms with Crippen molar-refractivity contribution in [1.82, 2.24) is 10.9 Å². The Kier molecular flexibility index (Phi) is 6.59. The monoisotopic (exact) mass is 359 g/mol. The SMILES string of the molecule is CCc1cccc(NC(=S)NNC(=O)c2ccc(OC)c(OC)c2)c1. The highest BCUT2D eigenvalue weighted by molar-refractivity contribution is 7.80. The maximum absolute atomic E-state index is 12.2. The summed E-state index contributed by atoms with van der Waals surface area (Å²) in [5.41, 5.74) is 7.70. The van der Waals surface area contributed by atoms with Gasteiger partial charge in [-0.15, -0.1) is 0 Å². The lowest BCUT2D eigenvalue weighted by molar-refractivity contribution is 0.0944. The summed E-state index contributed by atoms with van der Waals surface area (Å²) in [7, 11) is 3.05. The smallest absolute Gasteiger partial charge is 0.269 e. The zero-order chi connectivity index (χ0) is 18.2. The van der Waals surface area contributed by atoms with Crippen LogP contribution in [0.5, 0.6) is 11.5 Å². The van der Waals surface area contributed by atoms with Gasteiger partial charge in [0.15, 0.2) is 16.6 Å². The third kappa shape index (κ3) is 5.09. The summed E-state index contributed by atoms with van der Waals surface area (Å²) < 4.78 is 10.3. The Morgan fingerprint density at radius 3 is 2.48 bits per heavy atom. The number of ether oxygens (including phenoxy) is 2. The lowest BCUT2D eigenvalue weighted by Crippen LogP contribution is -2.43. The Bertz CT molecular complexity index is 765. The molecule has 2 rings (SSSR count). The van der Waals surface area contributed by atoms with Gasteiger partial charge in [-0.3, -0.25) is 15.6 Å². The van der Waals surface area contributed by atoms with Crippen LogP contribution in [0.3, 0.4) is 0 Å². The second-order valence-electron chi connectivity index (χ2n) is 5.16. The number of anilines is 1. The van der Waals surface area contributed by atoms with Gasteiger partial charge in [-0.1, -0.05) is 19.1 Å². The number of hydrazine groups is 1. The van der Waals surface area contributed by atoms with Crippen LogP contribution in [0.4, 0.5) is 5.69 Å². The minimum Gasteiger partial charge on any atom is -0.493 e. The van der Waals surface area contributed by atoms with Crippen LogP contribution in [0.1, 0.15) is 22.8 Å². The predicted octanol–water partition coefficient (Wildman–Crippen LogP) is 2.90. The molecule has 0 fully saturated rings. The van der Waals surface area contributed by atoms with Crippen molar-refractivity contribution < 1.29 is 14.3 Å². The molecular weight excluding hydrogens is 338 g/mol. The summed E-state index contributed by atoms with van der Waals surface area (Å²) in [4.78, 5) is 12.2. The topological polar surface area (TPSA) is 71.6 Å². The van der Waals surface area contributed by atoms with Gasteiger partial charge < -0.3 is 14.8 Å². The number of carbonyl (C=O) groups excluding carboxylic acids is 1. The Morgan fingerprint density at radius 2 is 1.80 bits per heavy atom. The molecule has 0 bridgehead atoms. The molecule has 2 aromatic rings. The van der Waals surface area contributed by atoms with Crippen molar-refractivity contribution in [3.8, 4) is 11.5 Å². The summed E-state index contributed by atoms with van der Waals surface area (Å²) in [6.07, 6.45) is 0.936. The van der Waals surface area contributed by atoms with E-state index in [1.54, 1.807) is 18.2 Å². The number of amides is 1. The van der Waals surface area contributed by atoms with Gasteiger partial charge >= 0.3 is 0 Å². The molecule has 25 heavy (non-hydrogen) atoms. The molecule has 132 valence electrons. The first-order valence-electron chi connectivity index (χ1n) is 7.75. The lowest BCUT2D eigenvalue weighted by Gasteiger charge is -2.13. The molecule has 7 heteroatoms. The fourth-order valence-corrected chi connectivity index (χ4v) is 2.36. The molecule has 0 aliphatic rings. The van der Waals surface area contributed by atoms with Crippen LogP contribution in [-0.2, 0) is 6.42 Å². The van der Waals surface area contributed by atoms with Gasteiger partial charge in [0, 0.05) is 11.3 Å². The molecule has 0 aliphatic carbocycles. The summed E-state index contributed by atoms with van der Waals surface area (Å²) >= 11 is 5.19. The van der Waals surface area contributed by atoms with Crippen LogP contribution in [0.25, 0.3) is 0 Å². The van der Waals surface area contributed by atoms with Gasteiger partial charge in [0.1, 0.15) is 0 Å². The van der Waals surface area contributed by atoms with Gasteiger partial charge in [-0.2, -0.15) is 0 Å². The first kappa shape index (κ1) is 18.5. The molecule has 3 N–H and O–H groups in total. The number of rotatable bonds is 5. The molecule has 0 unspecified atom stereocenters. The Morgan fingerprint density at radius 1 is 1.04 bits per heavy atom. The van der Waals surface area contributed by atoms with E-state index in [1.807, 2.05) is 24.3 Å². The lowest BCUT2D eigenvalue weighted by atomic mass is 10.1. The molecule has 2 aromatic carbocycles. The molecule has 0 aromatic heterocycles. The third-order valence-corrected chi connectivity index (χ3v) is 3.73. The number of hydrogen-bond donors (Lipinski definition) is 3. The Hall–Kier alpha value is -2.80. The zero-order valence-corrected chi connectivity index (χ0v) is 15.2. The standard InChI is InChI=1S/C18H21N3O3S/c1-4-12-6-5-7-14(10-12)19-18(25)21-20-17(22)13-8-9-15(23-2)16(11-13)24-3/h5-11H,4H2,1-3H3,(H,20,22)(H2,19,21,25). The third-order valence-electron chi connectivity index (χ3n) is 3.53. The van der Waals surface area contributed by atoms with Crippen molar-refractivity contribution in [3.63, 3.8) is 0 Å². The van der Waals surface area contributed by atoms with E-state index in [1.165, 1.54) is 19.8 Å². The van der Waals surface area contributed by atoms with E-state index in [0.29, 0.717) is 22.2 Å². The average molecular weight is 359 g/mol. The number of carbonyl (C=O) groups is 1. The van der Waals surface area contributed by atoms with Crippen molar-refractivity contribution in [1.29, 1.82) is 0 Å². The van der Waals surface area contributed by atoms with E-state index in [4.69, 9.17) is 21.7 Å². The number of methoxy groups -OCH3 is 2. The molecule has 1 amide bonds. The number of thiocarbonyl (C=S) groups is 1. The van der Waals surface area contributed by atoms with Crippen molar-refractivity contribution >= 4 is 28.9 Å². The number of aryl methyl sites for hydroxylation is 1. The summed E-state index contributed by atoms with van der Waals surface area (Å²) in [6, 6.07) is 12.8.